The smallest absolute Gasteiger partial charge is 0.0758 e. The number of nitrogens with one attached hydrogen (secondary N) is 1. The van der Waals surface area contributed by atoms with Crippen LogP contribution in [0.3, 0.4) is 0 Å². The van der Waals surface area contributed by atoms with Crippen LogP contribution in [0, 0.1) is 5.41 Å². The van der Waals surface area contributed by atoms with Crippen molar-refractivity contribution in [1.82, 2.24) is 0 Å². The van der Waals surface area contributed by atoms with Crippen molar-refractivity contribution in [2.75, 3.05) is 6.54 Å². The molecule has 0 heterocycles. The molecular weight excluding hydrogens is 236 g/mol. The summed E-state index contributed by atoms with van der Waals surface area (Å²) in [5, 5.41) is 8.46. The van der Waals surface area contributed by atoms with Gasteiger partial charge < -0.3 is 0 Å². The van der Waals surface area contributed by atoms with Gasteiger partial charge in [0.05, 0.1) is 9.74 Å². The number of rotatable bonds is 3. The van der Waals surface area contributed by atoms with Gasteiger partial charge in [-0.05, 0) is 31.9 Å². The molecule has 4 heteroatoms. The highest BCUT2D eigenvalue weighted by atomic mass is 79.9. The van der Waals surface area contributed by atoms with E-state index in [0.717, 1.165) is 0 Å². The fourth-order valence-electron chi connectivity index (χ4n) is 0.212. The molecule has 0 rings (SSSR count). The van der Waals surface area contributed by atoms with E-state index in [0.29, 0.717) is 17.6 Å². The van der Waals surface area contributed by atoms with Crippen molar-refractivity contribution >= 4 is 41.6 Å². The molecule has 0 aliphatic rings. The van der Waals surface area contributed by atoms with Crippen molar-refractivity contribution in [2.24, 2.45) is 4.99 Å². The minimum absolute atomic E-state index is 0.496. The summed E-state index contributed by atoms with van der Waals surface area (Å²) in [4.78, 5) is 3.83. The van der Waals surface area contributed by atoms with Gasteiger partial charge in [0.1, 0.15) is 0 Å². The second-order valence-corrected chi connectivity index (χ2v) is 2.53. The molecule has 0 aliphatic heterocycles. The van der Waals surface area contributed by atoms with Gasteiger partial charge in [-0.25, -0.2) is 0 Å². The van der Waals surface area contributed by atoms with E-state index in [1.54, 1.807) is 5.12 Å². The minimum Gasteiger partial charge on any atom is -0.298 e. The first-order chi connectivity index (χ1) is 3.77. The number of hydrogen-bond donors (Lipinski definition) is 1. The van der Waals surface area contributed by atoms with Crippen molar-refractivity contribution in [3.05, 3.63) is 0 Å². The zero-order chi connectivity index (χ0) is 6.41. The molecule has 0 fully saturated rings. The van der Waals surface area contributed by atoms with E-state index in [1.165, 1.54) is 0 Å². The Bertz CT molecular complexity index is 100. The van der Waals surface area contributed by atoms with E-state index in [1.807, 2.05) is 0 Å². The van der Waals surface area contributed by atoms with Crippen LogP contribution in [-0.2, 0) is 0 Å². The van der Waals surface area contributed by atoms with Crippen molar-refractivity contribution in [2.45, 2.75) is 6.42 Å². The summed E-state index contributed by atoms with van der Waals surface area (Å²) in [6.07, 6.45) is 0.683. The van der Waals surface area contributed by atoms with E-state index in [2.05, 4.69) is 36.9 Å². The zero-order valence-corrected chi connectivity index (χ0v) is 7.37. The summed E-state index contributed by atoms with van der Waals surface area (Å²) in [5.41, 5.74) is 0. The fraction of sp³-hybridized carbons (Fsp3) is 0.500. The van der Waals surface area contributed by atoms with Gasteiger partial charge in [-0.15, -0.1) is 0 Å². The molecule has 2 nitrogen and oxygen atoms in total. The third-order valence-corrected chi connectivity index (χ3v) is 1.22. The van der Waals surface area contributed by atoms with Gasteiger partial charge in [-0.2, -0.15) is 0 Å². The number of aliphatic imine (C=N–C) groups is 1. The molecule has 0 spiro atoms. The zero-order valence-electron chi connectivity index (χ0n) is 4.19. The predicted octanol–water partition coefficient (Wildman–Crippen LogP) is 2.17. The second-order valence-electron chi connectivity index (χ2n) is 1.16. The molecule has 0 aliphatic carbocycles. The Kier molecular flexibility index (Phi) is 5.64. The van der Waals surface area contributed by atoms with Crippen LogP contribution >= 0.6 is 31.9 Å². The number of halogens is 2. The van der Waals surface area contributed by atoms with Gasteiger partial charge in [0.2, 0.25) is 0 Å². The Labute approximate surface area is 65.1 Å². The van der Waals surface area contributed by atoms with Crippen LogP contribution in [0.5, 0.6) is 0 Å². The SMILES string of the molecule is N=C(Br)CC/N=C/Br. The topological polar surface area (TPSA) is 36.2 Å². The average Bonchev–Trinajstić information content (AvgIpc) is 1.66. The van der Waals surface area contributed by atoms with Gasteiger partial charge in [-0.3, -0.25) is 10.4 Å². The highest BCUT2D eigenvalue weighted by Crippen LogP contribution is 1.91. The Balaban J connectivity index is 3.05. The summed E-state index contributed by atoms with van der Waals surface area (Å²) in [5.74, 6) is 0. The highest BCUT2D eigenvalue weighted by molar-refractivity contribution is 9.18. The van der Waals surface area contributed by atoms with E-state index in [9.17, 15) is 0 Å². The lowest BCUT2D eigenvalue weighted by molar-refractivity contribution is 1.06. The largest absolute Gasteiger partial charge is 0.298 e. The predicted molar refractivity (Wildman–Crippen MR) is 43.6 cm³/mol. The van der Waals surface area contributed by atoms with E-state index < -0.39 is 0 Å². The molecule has 8 heavy (non-hydrogen) atoms. The molecule has 0 amide bonds. The maximum absolute atomic E-state index is 6.90. The first-order valence-corrected chi connectivity index (χ1v) is 3.79. The maximum atomic E-state index is 6.90. The first kappa shape index (κ1) is 8.30. The van der Waals surface area contributed by atoms with Crippen LogP contribution in [0.4, 0.5) is 0 Å². The molecule has 0 aromatic heterocycles. The van der Waals surface area contributed by atoms with Gasteiger partial charge >= 0.3 is 0 Å². The molecule has 0 saturated heterocycles. The fourth-order valence-corrected chi connectivity index (χ4v) is 0.594. The standard InChI is InChI=1S/C4H6Br2N2/c5-3-8-2-1-4(6)7/h3,7H,1-2H2/b7-4?,8-3+. The third kappa shape index (κ3) is 6.30. The maximum Gasteiger partial charge on any atom is 0.0758 e. The van der Waals surface area contributed by atoms with Crippen LogP contribution < -0.4 is 0 Å². The summed E-state index contributed by atoms with van der Waals surface area (Å²) in [7, 11) is 0. The van der Waals surface area contributed by atoms with E-state index >= 15 is 0 Å². The summed E-state index contributed by atoms with van der Waals surface area (Å²) >= 11 is 6.02. The Morgan fingerprint density at radius 2 is 2.38 bits per heavy atom. The molecule has 1 N–H and O–H groups in total. The molecule has 0 atom stereocenters. The van der Waals surface area contributed by atoms with Gasteiger partial charge in [0.15, 0.2) is 0 Å². The van der Waals surface area contributed by atoms with Crippen LogP contribution in [0.1, 0.15) is 6.42 Å². The summed E-state index contributed by atoms with van der Waals surface area (Å²) in [6.45, 7) is 0.676. The molecule has 0 bridgehead atoms. The summed E-state index contributed by atoms with van der Waals surface area (Å²) < 4.78 is 0.496. The highest BCUT2D eigenvalue weighted by Gasteiger charge is 1.84. The lowest BCUT2D eigenvalue weighted by Crippen LogP contribution is -1.86. The Morgan fingerprint density at radius 3 is 2.75 bits per heavy atom. The molecule has 46 valence electrons. The minimum atomic E-state index is 0.496. The van der Waals surface area contributed by atoms with Crippen LogP contribution in [0.25, 0.3) is 0 Å². The average molecular weight is 242 g/mol. The van der Waals surface area contributed by atoms with Crippen molar-refractivity contribution in [3.63, 3.8) is 0 Å². The van der Waals surface area contributed by atoms with E-state index in [4.69, 9.17) is 5.41 Å². The number of nitrogens with zero attached hydrogens (tertiary/aromatic N) is 1. The second kappa shape index (κ2) is 5.44. The molecule has 0 unspecified atom stereocenters. The first-order valence-electron chi connectivity index (χ1n) is 2.09. The Hall–Kier alpha value is 0.300. The van der Waals surface area contributed by atoms with Crippen LogP contribution in [-0.4, -0.2) is 16.3 Å². The molecule has 0 radical (unpaired) electrons. The molecular formula is C4H6Br2N2. The van der Waals surface area contributed by atoms with Crippen LogP contribution in [0.2, 0.25) is 0 Å². The normalized spacial score (nSPS) is 10.2. The monoisotopic (exact) mass is 240 g/mol. The lowest BCUT2D eigenvalue weighted by Gasteiger charge is -1.86. The van der Waals surface area contributed by atoms with Gasteiger partial charge in [-0.1, -0.05) is 0 Å². The molecule has 0 aromatic rings. The van der Waals surface area contributed by atoms with Gasteiger partial charge in [0, 0.05) is 13.0 Å². The van der Waals surface area contributed by atoms with Crippen molar-refractivity contribution in [3.8, 4) is 0 Å². The third-order valence-electron chi connectivity index (χ3n) is 0.529. The quantitative estimate of drug-likeness (QED) is 0.736. The van der Waals surface area contributed by atoms with E-state index in [-0.39, 0.29) is 0 Å². The van der Waals surface area contributed by atoms with Crippen molar-refractivity contribution < 1.29 is 0 Å². The van der Waals surface area contributed by atoms with Crippen molar-refractivity contribution in [1.29, 1.82) is 5.41 Å². The molecule has 0 aromatic carbocycles. The molecule has 0 saturated carbocycles. The van der Waals surface area contributed by atoms with Crippen LogP contribution in [0.15, 0.2) is 4.99 Å². The summed E-state index contributed by atoms with van der Waals surface area (Å²) in [6, 6.07) is 0. The van der Waals surface area contributed by atoms with Gasteiger partial charge in [0.25, 0.3) is 0 Å². The Morgan fingerprint density at radius 1 is 1.75 bits per heavy atom. The number of hydrogen-bond acceptors (Lipinski definition) is 2. The lowest BCUT2D eigenvalue weighted by atomic mass is 10.5.